The number of hydrogen-bond acceptors (Lipinski definition) is 2. The molecule has 2 nitrogen and oxygen atoms in total. The van der Waals surface area contributed by atoms with Crippen LogP contribution >= 0.6 is 0 Å². The van der Waals surface area contributed by atoms with E-state index >= 15 is 0 Å². The lowest BCUT2D eigenvalue weighted by Gasteiger charge is -2.33. The first-order valence-electron chi connectivity index (χ1n) is 8.32. The van der Waals surface area contributed by atoms with Crippen LogP contribution in [0.2, 0.25) is 0 Å². The van der Waals surface area contributed by atoms with Crippen LogP contribution in [0.5, 0.6) is 0 Å². The molecule has 0 radical (unpaired) electrons. The van der Waals surface area contributed by atoms with Crippen molar-refractivity contribution in [3.05, 3.63) is 71.8 Å². The fraction of sp³-hybridized carbons (Fsp3) is 0.400. The van der Waals surface area contributed by atoms with E-state index in [-0.39, 0.29) is 0 Å². The van der Waals surface area contributed by atoms with Crippen molar-refractivity contribution in [3.8, 4) is 0 Å². The number of rotatable bonds is 6. The van der Waals surface area contributed by atoms with Gasteiger partial charge in [0.25, 0.3) is 0 Å². The van der Waals surface area contributed by atoms with Crippen molar-refractivity contribution in [2.24, 2.45) is 0 Å². The maximum absolute atomic E-state index is 5.94. The summed E-state index contributed by atoms with van der Waals surface area (Å²) in [5.41, 5.74) is 2.83. The Morgan fingerprint density at radius 2 is 1.59 bits per heavy atom. The minimum Gasteiger partial charge on any atom is -0.376 e. The maximum atomic E-state index is 5.94. The van der Waals surface area contributed by atoms with Gasteiger partial charge in [0.15, 0.2) is 0 Å². The number of ether oxygens (including phenoxy) is 1. The summed E-state index contributed by atoms with van der Waals surface area (Å²) >= 11 is 0. The van der Waals surface area contributed by atoms with Gasteiger partial charge in [-0.15, -0.1) is 0 Å². The standard InChI is InChI=1S/C20H25NO/c1-3-8-18(9-4-1)12-7-13-20-17-21(14-15-22-20)16-19-10-5-2-6-11-19/h1-6,8-11,20H,7,12-17H2/t20-/m0/s1. The van der Waals surface area contributed by atoms with Crippen LogP contribution in [0.15, 0.2) is 60.7 Å². The number of benzene rings is 2. The molecule has 1 fully saturated rings. The highest BCUT2D eigenvalue weighted by atomic mass is 16.5. The van der Waals surface area contributed by atoms with Crippen LogP contribution in [0.25, 0.3) is 0 Å². The highest BCUT2D eigenvalue weighted by Gasteiger charge is 2.20. The van der Waals surface area contributed by atoms with Crippen molar-refractivity contribution in [3.63, 3.8) is 0 Å². The molecule has 2 heteroatoms. The van der Waals surface area contributed by atoms with Crippen LogP contribution in [0, 0.1) is 0 Å². The fourth-order valence-corrected chi connectivity index (χ4v) is 3.12. The molecule has 0 aliphatic carbocycles. The summed E-state index contributed by atoms with van der Waals surface area (Å²) in [5, 5.41) is 0. The van der Waals surface area contributed by atoms with E-state index in [1.807, 2.05) is 0 Å². The van der Waals surface area contributed by atoms with Crippen molar-refractivity contribution in [2.75, 3.05) is 19.7 Å². The molecule has 116 valence electrons. The number of hydrogen-bond donors (Lipinski definition) is 0. The third kappa shape index (κ3) is 4.69. The molecule has 1 aliphatic heterocycles. The first-order valence-corrected chi connectivity index (χ1v) is 8.32. The van der Waals surface area contributed by atoms with Gasteiger partial charge in [0.2, 0.25) is 0 Å². The molecule has 1 heterocycles. The van der Waals surface area contributed by atoms with Gasteiger partial charge >= 0.3 is 0 Å². The third-order valence-corrected chi connectivity index (χ3v) is 4.31. The van der Waals surface area contributed by atoms with Gasteiger partial charge in [0, 0.05) is 19.6 Å². The predicted octanol–water partition coefficient (Wildman–Crippen LogP) is 3.91. The summed E-state index contributed by atoms with van der Waals surface area (Å²) < 4.78 is 5.94. The van der Waals surface area contributed by atoms with E-state index in [9.17, 15) is 0 Å². The lowest BCUT2D eigenvalue weighted by molar-refractivity contribution is -0.0355. The second-order valence-electron chi connectivity index (χ2n) is 6.09. The number of morpholine rings is 1. The van der Waals surface area contributed by atoms with Crippen LogP contribution in [0.1, 0.15) is 24.0 Å². The normalized spacial score (nSPS) is 19.2. The van der Waals surface area contributed by atoms with E-state index in [1.165, 1.54) is 17.5 Å². The summed E-state index contributed by atoms with van der Waals surface area (Å²) in [6.07, 6.45) is 3.90. The summed E-state index contributed by atoms with van der Waals surface area (Å²) in [5.74, 6) is 0. The molecule has 0 spiro atoms. The lowest BCUT2D eigenvalue weighted by atomic mass is 10.0. The Hall–Kier alpha value is -1.64. The summed E-state index contributed by atoms with van der Waals surface area (Å²) in [6.45, 7) is 4.01. The van der Waals surface area contributed by atoms with Gasteiger partial charge in [-0.05, 0) is 30.4 Å². The molecule has 0 aromatic heterocycles. The minimum atomic E-state index is 0.390. The molecule has 22 heavy (non-hydrogen) atoms. The number of nitrogens with zero attached hydrogens (tertiary/aromatic N) is 1. The van der Waals surface area contributed by atoms with E-state index in [0.29, 0.717) is 6.10 Å². The molecule has 0 amide bonds. The van der Waals surface area contributed by atoms with Crippen molar-refractivity contribution < 1.29 is 4.74 Å². The Morgan fingerprint density at radius 3 is 2.32 bits per heavy atom. The van der Waals surface area contributed by atoms with Gasteiger partial charge in [0.05, 0.1) is 12.7 Å². The Morgan fingerprint density at radius 1 is 0.909 bits per heavy atom. The van der Waals surface area contributed by atoms with E-state index < -0.39 is 0 Å². The average Bonchev–Trinajstić information content (AvgIpc) is 2.57. The summed E-state index contributed by atoms with van der Waals surface area (Å²) in [4.78, 5) is 2.52. The van der Waals surface area contributed by atoms with Gasteiger partial charge in [-0.1, -0.05) is 60.7 Å². The molecule has 2 aromatic rings. The van der Waals surface area contributed by atoms with E-state index in [4.69, 9.17) is 4.74 Å². The van der Waals surface area contributed by atoms with Gasteiger partial charge < -0.3 is 4.74 Å². The average molecular weight is 295 g/mol. The van der Waals surface area contributed by atoms with Crippen LogP contribution in [0.3, 0.4) is 0 Å². The minimum absolute atomic E-state index is 0.390. The van der Waals surface area contributed by atoms with Crippen LogP contribution < -0.4 is 0 Å². The maximum Gasteiger partial charge on any atom is 0.0702 e. The van der Waals surface area contributed by atoms with Gasteiger partial charge in [-0.2, -0.15) is 0 Å². The monoisotopic (exact) mass is 295 g/mol. The third-order valence-electron chi connectivity index (χ3n) is 4.31. The van der Waals surface area contributed by atoms with Crippen LogP contribution in [0.4, 0.5) is 0 Å². The first-order chi connectivity index (χ1) is 10.9. The molecule has 1 atom stereocenters. The number of aryl methyl sites for hydroxylation is 1. The SMILES string of the molecule is c1ccc(CCC[C@H]2CN(Cc3ccccc3)CCO2)cc1. The lowest BCUT2D eigenvalue weighted by Crippen LogP contribution is -2.41. The fourth-order valence-electron chi connectivity index (χ4n) is 3.12. The highest BCUT2D eigenvalue weighted by Crippen LogP contribution is 2.15. The molecule has 0 unspecified atom stereocenters. The Bertz CT molecular complexity index is 540. The summed E-state index contributed by atoms with van der Waals surface area (Å²) in [7, 11) is 0. The zero-order chi connectivity index (χ0) is 15.0. The zero-order valence-electron chi connectivity index (χ0n) is 13.2. The molecule has 0 bridgehead atoms. The predicted molar refractivity (Wildman–Crippen MR) is 90.8 cm³/mol. The Labute approximate surface area is 133 Å². The first kappa shape index (κ1) is 15.3. The van der Waals surface area contributed by atoms with Gasteiger partial charge in [-0.25, -0.2) is 0 Å². The van der Waals surface area contributed by atoms with Crippen molar-refractivity contribution in [2.45, 2.75) is 31.9 Å². The molecule has 0 saturated carbocycles. The largest absolute Gasteiger partial charge is 0.376 e. The molecular formula is C20H25NO. The van der Waals surface area contributed by atoms with E-state index in [2.05, 4.69) is 65.6 Å². The molecule has 1 aliphatic rings. The van der Waals surface area contributed by atoms with Gasteiger partial charge in [-0.3, -0.25) is 4.90 Å². The highest BCUT2D eigenvalue weighted by molar-refractivity contribution is 5.15. The smallest absolute Gasteiger partial charge is 0.0702 e. The molecular weight excluding hydrogens is 270 g/mol. The molecule has 1 saturated heterocycles. The van der Waals surface area contributed by atoms with Crippen molar-refractivity contribution in [1.82, 2.24) is 4.90 Å². The zero-order valence-corrected chi connectivity index (χ0v) is 13.2. The quantitative estimate of drug-likeness (QED) is 0.801. The molecule has 0 N–H and O–H groups in total. The van der Waals surface area contributed by atoms with Crippen molar-refractivity contribution >= 4 is 0 Å². The van der Waals surface area contributed by atoms with Crippen molar-refractivity contribution in [1.29, 1.82) is 0 Å². The Kier molecular flexibility index (Phi) is 5.63. The Balaban J connectivity index is 1.42. The van der Waals surface area contributed by atoms with Crippen LogP contribution in [-0.4, -0.2) is 30.7 Å². The second-order valence-corrected chi connectivity index (χ2v) is 6.09. The van der Waals surface area contributed by atoms with Gasteiger partial charge in [0.1, 0.15) is 0 Å². The molecule has 3 rings (SSSR count). The molecule has 2 aromatic carbocycles. The van der Waals surface area contributed by atoms with E-state index in [0.717, 1.165) is 39.1 Å². The topological polar surface area (TPSA) is 12.5 Å². The second kappa shape index (κ2) is 8.11. The summed E-state index contributed by atoms with van der Waals surface area (Å²) in [6, 6.07) is 21.5. The van der Waals surface area contributed by atoms with E-state index in [1.54, 1.807) is 0 Å². The van der Waals surface area contributed by atoms with Crippen LogP contribution in [-0.2, 0) is 17.7 Å².